The van der Waals surface area contributed by atoms with Gasteiger partial charge in [-0.15, -0.1) is 6.58 Å². The fraction of sp³-hybridized carbons (Fsp3) is 0.105. The smallest absolute Gasteiger partial charge is 0.236 e. The van der Waals surface area contributed by atoms with Gasteiger partial charge in [0.15, 0.2) is 0 Å². The van der Waals surface area contributed by atoms with Crippen molar-refractivity contribution in [2.45, 2.75) is 6.04 Å². The van der Waals surface area contributed by atoms with Crippen LogP contribution in [-0.4, -0.2) is 11.9 Å². The first-order valence-electron chi connectivity index (χ1n) is 7.05. The van der Waals surface area contributed by atoms with E-state index in [9.17, 15) is 4.79 Å². The number of rotatable bonds is 4. The molecule has 3 rings (SSSR count). The summed E-state index contributed by atoms with van der Waals surface area (Å²) in [5.74, 6) is -0.0240. The lowest BCUT2D eigenvalue weighted by atomic mass is 9.86. The summed E-state index contributed by atoms with van der Waals surface area (Å²) in [5, 5.41) is 0. The average molecular weight is 275 g/mol. The summed E-state index contributed by atoms with van der Waals surface area (Å²) in [5.41, 5.74) is 2.07. The number of nitrogens with zero attached hydrogens (tertiary/aromatic N) is 1. The molecule has 1 fully saturated rings. The van der Waals surface area contributed by atoms with Crippen molar-refractivity contribution in [1.29, 1.82) is 0 Å². The van der Waals surface area contributed by atoms with Crippen LogP contribution in [0.1, 0.15) is 5.56 Å². The molecule has 2 aromatic carbocycles. The second kappa shape index (κ2) is 5.80. The largest absolute Gasteiger partial charge is 0.304 e. The molecule has 0 N–H and O–H groups in total. The minimum absolute atomic E-state index is 0.0395. The summed E-state index contributed by atoms with van der Waals surface area (Å²) < 4.78 is 0. The number of hydrogen-bond donors (Lipinski definition) is 0. The third-order valence-corrected chi connectivity index (χ3v) is 3.76. The van der Waals surface area contributed by atoms with E-state index in [-0.39, 0.29) is 17.9 Å². The summed E-state index contributed by atoms with van der Waals surface area (Å²) in [4.78, 5) is 14.1. The molecule has 0 radical (unpaired) electrons. The Labute approximate surface area is 125 Å². The Morgan fingerprint density at radius 1 is 0.952 bits per heavy atom. The molecular weight excluding hydrogens is 258 g/mol. The van der Waals surface area contributed by atoms with E-state index in [1.54, 1.807) is 6.08 Å². The Balaban J connectivity index is 1.85. The molecule has 1 aliphatic rings. The summed E-state index contributed by atoms with van der Waals surface area (Å²) in [7, 11) is 0. The maximum Gasteiger partial charge on any atom is 0.236 e. The van der Waals surface area contributed by atoms with Gasteiger partial charge in [-0.25, -0.2) is 0 Å². The van der Waals surface area contributed by atoms with E-state index >= 15 is 0 Å². The van der Waals surface area contributed by atoms with Gasteiger partial charge in [0, 0.05) is 5.69 Å². The molecule has 0 saturated carbocycles. The zero-order chi connectivity index (χ0) is 14.7. The lowest BCUT2D eigenvalue weighted by Crippen LogP contribution is -2.59. The van der Waals surface area contributed by atoms with E-state index < -0.39 is 0 Å². The second-order valence-electron chi connectivity index (χ2n) is 5.07. The van der Waals surface area contributed by atoms with Gasteiger partial charge in [-0.1, -0.05) is 66.8 Å². The molecule has 2 heteroatoms. The lowest BCUT2D eigenvalue weighted by molar-refractivity contribution is -0.126. The van der Waals surface area contributed by atoms with Crippen LogP contribution in [0.15, 0.2) is 79.4 Å². The lowest BCUT2D eigenvalue weighted by Gasteiger charge is -2.44. The SMILES string of the molecule is C=C[C@@H]1C(=O)N(c2ccccc2)[C@@H]1/C=C/c1ccccc1. The number of para-hydroxylation sites is 1. The van der Waals surface area contributed by atoms with E-state index in [1.165, 1.54) is 0 Å². The molecule has 2 atom stereocenters. The van der Waals surface area contributed by atoms with Crippen molar-refractivity contribution in [1.82, 2.24) is 0 Å². The van der Waals surface area contributed by atoms with Gasteiger partial charge in [0.05, 0.1) is 12.0 Å². The van der Waals surface area contributed by atoms with Gasteiger partial charge in [-0.3, -0.25) is 4.79 Å². The number of anilines is 1. The van der Waals surface area contributed by atoms with Crippen LogP contribution in [0.5, 0.6) is 0 Å². The zero-order valence-electron chi connectivity index (χ0n) is 11.7. The summed E-state index contributed by atoms with van der Waals surface area (Å²) >= 11 is 0. The van der Waals surface area contributed by atoms with Crippen molar-refractivity contribution in [3.8, 4) is 0 Å². The molecule has 1 amide bonds. The van der Waals surface area contributed by atoms with Crippen molar-refractivity contribution in [2.24, 2.45) is 5.92 Å². The van der Waals surface area contributed by atoms with Crippen molar-refractivity contribution in [3.05, 3.63) is 85.0 Å². The number of β-lactam (4-membered cyclic amide) rings is 1. The molecule has 0 bridgehead atoms. The molecular formula is C19H17NO. The van der Waals surface area contributed by atoms with Gasteiger partial charge < -0.3 is 4.90 Å². The standard InChI is InChI=1S/C19H17NO/c1-2-17-18(14-13-15-9-5-3-6-10-15)20(19(17)21)16-11-7-4-8-12-16/h2-14,17-18H,1H2/b14-13+/t17-,18+/m0/s1. The van der Waals surface area contributed by atoms with E-state index in [4.69, 9.17) is 0 Å². The number of amides is 1. The van der Waals surface area contributed by atoms with Crippen molar-refractivity contribution in [2.75, 3.05) is 4.90 Å². The first-order valence-corrected chi connectivity index (χ1v) is 7.05. The van der Waals surface area contributed by atoms with Crippen LogP contribution >= 0.6 is 0 Å². The average Bonchev–Trinajstić information content (AvgIpc) is 2.53. The second-order valence-corrected chi connectivity index (χ2v) is 5.07. The first-order chi connectivity index (χ1) is 10.3. The molecule has 1 aliphatic heterocycles. The van der Waals surface area contributed by atoms with Crippen molar-refractivity contribution >= 4 is 17.7 Å². The normalized spacial score (nSPS) is 21.3. The molecule has 2 aromatic rings. The molecule has 0 spiro atoms. The summed E-state index contributed by atoms with van der Waals surface area (Å²) in [6.45, 7) is 3.79. The van der Waals surface area contributed by atoms with Crippen LogP contribution in [0.2, 0.25) is 0 Å². The molecule has 104 valence electrons. The molecule has 0 aliphatic carbocycles. The van der Waals surface area contributed by atoms with Crippen LogP contribution in [0.3, 0.4) is 0 Å². The van der Waals surface area contributed by atoms with Crippen LogP contribution in [0.4, 0.5) is 5.69 Å². The predicted octanol–water partition coefficient (Wildman–Crippen LogP) is 3.92. The van der Waals surface area contributed by atoms with Crippen LogP contribution < -0.4 is 4.90 Å². The van der Waals surface area contributed by atoms with E-state index in [0.717, 1.165) is 11.3 Å². The highest BCUT2D eigenvalue weighted by Gasteiger charge is 2.44. The highest BCUT2D eigenvalue weighted by atomic mass is 16.2. The van der Waals surface area contributed by atoms with Gasteiger partial charge in [-0.2, -0.15) is 0 Å². The van der Waals surface area contributed by atoms with E-state index in [2.05, 4.69) is 18.7 Å². The third-order valence-electron chi connectivity index (χ3n) is 3.76. The molecule has 21 heavy (non-hydrogen) atoms. The first kappa shape index (κ1) is 13.4. The third kappa shape index (κ3) is 2.52. The minimum Gasteiger partial charge on any atom is -0.304 e. The molecule has 1 heterocycles. The monoisotopic (exact) mass is 275 g/mol. The van der Waals surface area contributed by atoms with Crippen molar-refractivity contribution in [3.63, 3.8) is 0 Å². The van der Waals surface area contributed by atoms with Gasteiger partial charge in [0.2, 0.25) is 5.91 Å². The molecule has 1 saturated heterocycles. The number of benzene rings is 2. The maximum atomic E-state index is 12.2. The van der Waals surface area contributed by atoms with Crippen LogP contribution in [-0.2, 0) is 4.79 Å². The topological polar surface area (TPSA) is 20.3 Å². The van der Waals surface area contributed by atoms with Crippen molar-refractivity contribution < 1.29 is 4.79 Å². The fourth-order valence-corrected chi connectivity index (χ4v) is 2.64. The quantitative estimate of drug-likeness (QED) is 0.612. The highest BCUT2D eigenvalue weighted by Crippen LogP contribution is 2.34. The Bertz CT molecular complexity index is 660. The molecule has 2 nitrogen and oxygen atoms in total. The molecule has 0 aromatic heterocycles. The number of hydrogen-bond acceptors (Lipinski definition) is 1. The molecule has 0 unspecified atom stereocenters. The Morgan fingerprint density at radius 2 is 1.57 bits per heavy atom. The number of carbonyl (C=O) groups excluding carboxylic acids is 1. The minimum atomic E-state index is -0.134. The summed E-state index contributed by atoms with van der Waals surface area (Å²) in [6, 6.07) is 19.9. The van der Waals surface area contributed by atoms with E-state index in [1.807, 2.05) is 65.6 Å². The predicted molar refractivity (Wildman–Crippen MR) is 86.9 cm³/mol. The Morgan fingerprint density at radius 3 is 2.19 bits per heavy atom. The van der Waals surface area contributed by atoms with Gasteiger partial charge in [0.1, 0.15) is 0 Å². The van der Waals surface area contributed by atoms with Gasteiger partial charge in [-0.05, 0) is 17.7 Å². The Kier molecular flexibility index (Phi) is 3.69. The zero-order valence-corrected chi connectivity index (χ0v) is 11.7. The van der Waals surface area contributed by atoms with Crippen LogP contribution in [0, 0.1) is 5.92 Å². The number of carbonyl (C=O) groups is 1. The maximum absolute atomic E-state index is 12.2. The van der Waals surface area contributed by atoms with E-state index in [0.29, 0.717) is 0 Å². The van der Waals surface area contributed by atoms with Gasteiger partial charge >= 0.3 is 0 Å². The fourth-order valence-electron chi connectivity index (χ4n) is 2.64. The van der Waals surface area contributed by atoms with Crippen LogP contribution in [0.25, 0.3) is 6.08 Å². The highest BCUT2D eigenvalue weighted by molar-refractivity contribution is 6.05. The Hall–Kier alpha value is -2.61. The summed E-state index contributed by atoms with van der Waals surface area (Å²) in [6.07, 6.45) is 5.88. The van der Waals surface area contributed by atoms with Gasteiger partial charge in [0.25, 0.3) is 0 Å².